The van der Waals surface area contributed by atoms with Gasteiger partial charge in [0.1, 0.15) is 0 Å². The highest BCUT2D eigenvalue weighted by Gasteiger charge is 2.32. The van der Waals surface area contributed by atoms with Crippen molar-refractivity contribution in [1.29, 1.82) is 0 Å². The lowest BCUT2D eigenvalue weighted by atomic mass is 10.0. The third-order valence-corrected chi connectivity index (χ3v) is 5.00. The maximum absolute atomic E-state index is 12.4. The van der Waals surface area contributed by atoms with Crippen molar-refractivity contribution in [3.05, 3.63) is 22.4 Å². The number of rotatable bonds is 6. The van der Waals surface area contributed by atoms with Crippen LogP contribution in [-0.4, -0.2) is 29.9 Å². The van der Waals surface area contributed by atoms with Gasteiger partial charge < -0.3 is 10.2 Å². The van der Waals surface area contributed by atoms with Crippen molar-refractivity contribution < 1.29 is 4.79 Å². The first-order valence-electron chi connectivity index (χ1n) is 7.35. The smallest absolute Gasteiger partial charge is 0.223 e. The van der Waals surface area contributed by atoms with Crippen molar-refractivity contribution in [3.63, 3.8) is 0 Å². The number of carbonyl (C=O) groups excluding carboxylic acids is 1. The van der Waals surface area contributed by atoms with Crippen LogP contribution in [0.2, 0.25) is 0 Å². The Labute approximate surface area is 119 Å². The van der Waals surface area contributed by atoms with E-state index in [0.717, 1.165) is 32.5 Å². The summed E-state index contributed by atoms with van der Waals surface area (Å²) < 4.78 is 0. The van der Waals surface area contributed by atoms with Gasteiger partial charge in [0.25, 0.3) is 0 Å². The summed E-state index contributed by atoms with van der Waals surface area (Å²) in [7, 11) is 0. The number of carbonyl (C=O) groups is 1. The molecule has 0 spiro atoms. The predicted molar refractivity (Wildman–Crippen MR) is 78.1 cm³/mol. The molecule has 1 N–H and O–H groups in total. The molecule has 2 fully saturated rings. The monoisotopic (exact) mass is 278 g/mol. The highest BCUT2D eigenvalue weighted by atomic mass is 32.1. The SMILES string of the molecule is O=C(CCC1CCNC1)N(Cc1cccs1)C1CC1. The van der Waals surface area contributed by atoms with Crippen LogP contribution >= 0.6 is 11.3 Å². The fourth-order valence-electron chi connectivity index (χ4n) is 2.81. The van der Waals surface area contributed by atoms with E-state index in [4.69, 9.17) is 0 Å². The summed E-state index contributed by atoms with van der Waals surface area (Å²) >= 11 is 1.75. The molecule has 19 heavy (non-hydrogen) atoms. The van der Waals surface area contributed by atoms with Crippen molar-refractivity contribution in [3.8, 4) is 0 Å². The largest absolute Gasteiger partial charge is 0.335 e. The van der Waals surface area contributed by atoms with E-state index in [1.54, 1.807) is 11.3 Å². The number of thiophene rings is 1. The van der Waals surface area contributed by atoms with Crippen LogP contribution in [0, 0.1) is 5.92 Å². The Balaban J connectivity index is 1.52. The zero-order valence-corrected chi connectivity index (χ0v) is 12.1. The van der Waals surface area contributed by atoms with Gasteiger partial charge >= 0.3 is 0 Å². The molecule has 0 aromatic carbocycles. The lowest BCUT2D eigenvalue weighted by Crippen LogP contribution is -2.32. The van der Waals surface area contributed by atoms with E-state index >= 15 is 0 Å². The Morgan fingerprint density at radius 3 is 2.95 bits per heavy atom. The molecule has 4 heteroatoms. The number of nitrogens with zero attached hydrogens (tertiary/aromatic N) is 1. The normalized spacial score (nSPS) is 22.6. The van der Waals surface area contributed by atoms with Gasteiger partial charge in [-0.2, -0.15) is 0 Å². The predicted octanol–water partition coefficient (Wildman–Crippen LogP) is 2.63. The van der Waals surface area contributed by atoms with E-state index in [0.29, 0.717) is 17.9 Å². The molecular weight excluding hydrogens is 256 g/mol. The van der Waals surface area contributed by atoms with Gasteiger partial charge in [0, 0.05) is 17.3 Å². The van der Waals surface area contributed by atoms with E-state index in [1.807, 2.05) is 0 Å². The third-order valence-electron chi connectivity index (χ3n) is 4.14. The van der Waals surface area contributed by atoms with Crippen LogP contribution in [0.3, 0.4) is 0 Å². The van der Waals surface area contributed by atoms with Crippen LogP contribution in [0.25, 0.3) is 0 Å². The maximum Gasteiger partial charge on any atom is 0.223 e. The standard InChI is InChI=1S/C15H22N2OS/c18-15(6-3-12-7-8-16-10-12)17(13-4-5-13)11-14-2-1-9-19-14/h1-2,9,12-13,16H,3-8,10-11H2. The highest BCUT2D eigenvalue weighted by molar-refractivity contribution is 7.09. The van der Waals surface area contributed by atoms with Gasteiger partial charge in [0.05, 0.1) is 6.54 Å². The molecule has 3 nitrogen and oxygen atoms in total. The third kappa shape index (κ3) is 3.57. The summed E-state index contributed by atoms with van der Waals surface area (Å²) in [6.07, 6.45) is 5.42. The van der Waals surface area contributed by atoms with Crippen molar-refractivity contribution in [2.24, 2.45) is 5.92 Å². The van der Waals surface area contributed by atoms with Crippen LogP contribution in [0.1, 0.15) is 37.0 Å². The maximum atomic E-state index is 12.4. The number of hydrogen-bond acceptors (Lipinski definition) is 3. The zero-order chi connectivity index (χ0) is 13.1. The van der Waals surface area contributed by atoms with Gasteiger partial charge in [-0.1, -0.05) is 6.07 Å². The topological polar surface area (TPSA) is 32.3 Å². The molecule has 2 aliphatic rings. The Hall–Kier alpha value is -0.870. The van der Waals surface area contributed by atoms with E-state index in [-0.39, 0.29) is 0 Å². The van der Waals surface area contributed by atoms with Crippen molar-refractivity contribution in [1.82, 2.24) is 10.2 Å². The summed E-state index contributed by atoms with van der Waals surface area (Å²) in [6, 6.07) is 4.73. The van der Waals surface area contributed by atoms with Gasteiger partial charge in [-0.15, -0.1) is 11.3 Å². The molecule has 1 aliphatic carbocycles. The lowest BCUT2D eigenvalue weighted by molar-refractivity contribution is -0.132. The van der Waals surface area contributed by atoms with Gasteiger partial charge in [-0.3, -0.25) is 4.79 Å². The highest BCUT2D eigenvalue weighted by Crippen LogP contribution is 2.30. The molecule has 0 bridgehead atoms. The Bertz CT molecular complexity index is 408. The summed E-state index contributed by atoms with van der Waals surface area (Å²) in [5.74, 6) is 1.08. The zero-order valence-electron chi connectivity index (χ0n) is 11.3. The summed E-state index contributed by atoms with van der Waals surface area (Å²) in [6.45, 7) is 3.05. The molecule has 1 aromatic heterocycles. The van der Waals surface area contributed by atoms with Crippen molar-refractivity contribution in [2.45, 2.75) is 44.7 Å². The molecule has 3 rings (SSSR count). The fraction of sp³-hybridized carbons (Fsp3) is 0.667. The molecule has 1 amide bonds. The second-order valence-electron chi connectivity index (χ2n) is 5.73. The van der Waals surface area contributed by atoms with Crippen LogP contribution < -0.4 is 5.32 Å². The summed E-state index contributed by atoms with van der Waals surface area (Å²) in [5.41, 5.74) is 0. The molecule has 1 aliphatic heterocycles. The summed E-state index contributed by atoms with van der Waals surface area (Å²) in [4.78, 5) is 15.8. The van der Waals surface area contributed by atoms with E-state index in [1.165, 1.54) is 24.1 Å². The van der Waals surface area contributed by atoms with Gasteiger partial charge in [0.2, 0.25) is 5.91 Å². The summed E-state index contributed by atoms with van der Waals surface area (Å²) in [5, 5.41) is 5.47. The molecule has 0 radical (unpaired) electrons. The van der Waals surface area contributed by atoms with Crippen molar-refractivity contribution in [2.75, 3.05) is 13.1 Å². The average Bonchev–Trinajstić information content (AvgIpc) is 2.94. The Morgan fingerprint density at radius 2 is 2.32 bits per heavy atom. The van der Waals surface area contributed by atoms with E-state index < -0.39 is 0 Å². The van der Waals surface area contributed by atoms with Crippen LogP contribution in [0.15, 0.2) is 17.5 Å². The van der Waals surface area contributed by atoms with Crippen LogP contribution in [0.5, 0.6) is 0 Å². The second kappa shape index (κ2) is 6.06. The van der Waals surface area contributed by atoms with E-state index in [9.17, 15) is 4.79 Å². The Morgan fingerprint density at radius 1 is 1.42 bits per heavy atom. The Kier molecular flexibility index (Phi) is 4.18. The average molecular weight is 278 g/mol. The first-order chi connectivity index (χ1) is 9.33. The van der Waals surface area contributed by atoms with Gasteiger partial charge in [-0.05, 0) is 56.1 Å². The minimum atomic E-state index is 0.364. The molecule has 104 valence electrons. The molecular formula is C15H22N2OS. The minimum absolute atomic E-state index is 0.364. The van der Waals surface area contributed by atoms with Gasteiger partial charge in [0.15, 0.2) is 0 Å². The molecule has 1 saturated carbocycles. The molecule has 1 atom stereocenters. The fourth-order valence-corrected chi connectivity index (χ4v) is 3.51. The molecule has 1 unspecified atom stereocenters. The first kappa shape index (κ1) is 13.1. The lowest BCUT2D eigenvalue weighted by Gasteiger charge is -2.22. The van der Waals surface area contributed by atoms with Crippen LogP contribution in [-0.2, 0) is 11.3 Å². The molecule has 1 saturated heterocycles. The molecule has 2 heterocycles. The number of hydrogen-bond donors (Lipinski definition) is 1. The van der Waals surface area contributed by atoms with Gasteiger partial charge in [-0.25, -0.2) is 0 Å². The van der Waals surface area contributed by atoms with Crippen molar-refractivity contribution >= 4 is 17.2 Å². The minimum Gasteiger partial charge on any atom is -0.335 e. The number of amides is 1. The first-order valence-corrected chi connectivity index (χ1v) is 8.23. The quantitative estimate of drug-likeness (QED) is 0.867. The van der Waals surface area contributed by atoms with E-state index in [2.05, 4.69) is 27.7 Å². The molecule has 1 aromatic rings. The van der Waals surface area contributed by atoms with Crippen LogP contribution in [0.4, 0.5) is 0 Å². The second-order valence-corrected chi connectivity index (χ2v) is 6.76. The number of nitrogens with one attached hydrogen (secondary N) is 1.